The zero-order chi connectivity index (χ0) is 17.9. The molecule has 0 aliphatic heterocycles. The van der Waals surface area contributed by atoms with E-state index in [9.17, 15) is 22.0 Å². The van der Waals surface area contributed by atoms with Gasteiger partial charge in [-0.05, 0) is 37.3 Å². The lowest BCUT2D eigenvalue weighted by molar-refractivity contribution is -0.114. The third kappa shape index (κ3) is 4.36. The molecule has 0 bridgehead atoms. The van der Waals surface area contributed by atoms with E-state index in [0.29, 0.717) is 11.8 Å². The first kappa shape index (κ1) is 18.0. The molecule has 2 aromatic carbocycles. The quantitative estimate of drug-likeness (QED) is 0.867. The molecule has 0 heterocycles. The van der Waals surface area contributed by atoms with Gasteiger partial charge in [-0.25, -0.2) is 21.9 Å². The van der Waals surface area contributed by atoms with Gasteiger partial charge in [0.2, 0.25) is 15.9 Å². The molecule has 0 saturated heterocycles. The summed E-state index contributed by atoms with van der Waals surface area (Å²) in [6.45, 7) is 2.80. The van der Waals surface area contributed by atoms with Crippen molar-refractivity contribution < 1.29 is 22.0 Å². The van der Waals surface area contributed by atoms with Crippen LogP contribution in [0.25, 0.3) is 0 Å². The molecule has 2 rings (SSSR count). The second-order valence-corrected chi connectivity index (χ2v) is 6.93. The summed E-state index contributed by atoms with van der Waals surface area (Å²) >= 11 is 0. The maximum Gasteiger partial charge on any atom is 0.241 e. The molecule has 0 spiro atoms. The molecule has 5 nitrogen and oxygen atoms in total. The van der Waals surface area contributed by atoms with E-state index in [0.717, 1.165) is 6.07 Å². The highest BCUT2D eigenvalue weighted by Gasteiger charge is 2.20. The Labute approximate surface area is 138 Å². The molecule has 0 aliphatic carbocycles. The molecule has 1 atom stereocenters. The van der Waals surface area contributed by atoms with E-state index < -0.39 is 27.7 Å². The minimum Gasteiger partial charge on any atom is -0.326 e. The summed E-state index contributed by atoms with van der Waals surface area (Å²) < 4.78 is 53.7. The smallest absolute Gasteiger partial charge is 0.241 e. The van der Waals surface area contributed by atoms with Crippen LogP contribution in [0.1, 0.15) is 25.5 Å². The van der Waals surface area contributed by atoms with Crippen molar-refractivity contribution in [3.05, 3.63) is 59.7 Å². The lowest BCUT2D eigenvalue weighted by Crippen LogP contribution is -2.27. The van der Waals surface area contributed by atoms with Crippen LogP contribution in [0.5, 0.6) is 0 Å². The highest BCUT2D eigenvalue weighted by Crippen LogP contribution is 2.21. The molecule has 0 aromatic heterocycles. The van der Waals surface area contributed by atoms with E-state index in [1.807, 2.05) is 0 Å². The number of benzene rings is 2. The number of carbonyl (C=O) groups excluding carboxylic acids is 1. The average molecular weight is 354 g/mol. The van der Waals surface area contributed by atoms with Gasteiger partial charge in [-0.1, -0.05) is 6.07 Å². The number of hydrogen-bond acceptors (Lipinski definition) is 3. The van der Waals surface area contributed by atoms with Gasteiger partial charge in [0.25, 0.3) is 0 Å². The van der Waals surface area contributed by atoms with Gasteiger partial charge in [0.1, 0.15) is 11.6 Å². The van der Waals surface area contributed by atoms with Crippen molar-refractivity contribution in [2.75, 3.05) is 5.32 Å². The summed E-state index contributed by atoms with van der Waals surface area (Å²) in [5.74, 6) is -1.84. The molecular formula is C16H16F2N2O3S. The van der Waals surface area contributed by atoms with Crippen LogP contribution in [0.4, 0.5) is 14.5 Å². The highest BCUT2D eigenvalue weighted by atomic mass is 32.2. The third-order valence-electron chi connectivity index (χ3n) is 3.25. The predicted molar refractivity (Wildman–Crippen MR) is 85.8 cm³/mol. The first-order chi connectivity index (χ1) is 11.2. The van der Waals surface area contributed by atoms with Crippen LogP contribution in [0.2, 0.25) is 0 Å². The molecule has 8 heteroatoms. The summed E-state index contributed by atoms with van der Waals surface area (Å²) in [6, 6.07) is 7.59. The van der Waals surface area contributed by atoms with E-state index in [1.165, 1.54) is 44.2 Å². The Hall–Kier alpha value is -2.32. The predicted octanol–water partition coefficient (Wildman–Crippen LogP) is 2.96. The molecule has 0 saturated carbocycles. The minimum absolute atomic E-state index is 0.0361. The van der Waals surface area contributed by atoms with Gasteiger partial charge in [0, 0.05) is 30.3 Å². The number of rotatable bonds is 5. The Kier molecular flexibility index (Phi) is 5.30. The van der Waals surface area contributed by atoms with E-state index in [1.54, 1.807) is 0 Å². The van der Waals surface area contributed by atoms with Crippen LogP contribution in [-0.2, 0) is 14.8 Å². The number of hydrogen-bond donors (Lipinski definition) is 2. The van der Waals surface area contributed by atoms with Crippen LogP contribution in [0.3, 0.4) is 0 Å². The Balaban J connectivity index is 2.19. The van der Waals surface area contributed by atoms with Crippen LogP contribution in [0, 0.1) is 11.6 Å². The summed E-state index contributed by atoms with van der Waals surface area (Å²) in [7, 11) is -3.90. The van der Waals surface area contributed by atoms with Crippen LogP contribution >= 0.6 is 0 Å². The van der Waals surface area contributed by atoms with Crippen molar-refractivity contribution in [2.45, 2.75) is 24.8 Å². The van der Waals surface area contributed by atoms with Crippen molar-refractivity contribution in [2.24, 2.45) is 0 Å². The first-order valence-electron chi connectivity index (χ1n) is 7.04. The minimum atomic E-state index is -3.90. The fraction of sp³-hybridized carbons (Fsp3) is 0.188. The second-order valence-electron chi connectivity index (χ2n) is 5.21. The van der Waals surface area contributed by atoms with Gasteiger partial charge in [-0.3, -0.25) is 4.79 Å². The molecule has 24 heavy (non-hydrogen) atoms. The van der Waals surface area contributed by atoms with Crippen molar-refractivity contribution in [1.82, 2.24) is 4.72 Å². The molecule has 0 radical (unpaired) electrons. The number of carbonyl (C=O) groups is 1. The van der Waals surface area contributed by atoms with Gasteiger partial charge in [-0.15, -0.1) is 0 Å². The Bertz CT molecular complexity index is 852. The summed E-state index contributed by atoms with van der Waals surface area (Å²) in [5, 5.41) is 2.52. The van der Waals surface area contributed by atoms with Crippen molar-refractivity contribution in [1.29, 1.82) is 0 Å². The molecule has 128 valence electrons. The van der Waals surface area contributed by atoms with Gasteiger partial charge >= 0.3 is 0 Å². The zero-order valence-electron chi connectivity index (χ0n) is 13.0. The van der Waals surface area contributed by atoms with E-state index >= 15 is 0 Å². The van der Waals surface area contributed by atoms with E-state index in [4.69, 9.17) is 0 Å². The topological polar surface area (TPSA) is 75.3 Å². The summed E-state index contributed by atoms with van der Waals surface area (Å²) in [5.41, 5.74) is 0.494. The highest BCUT2D eigenvalue weighted by molar-refractivity contribution is 7.89. The Morgan fingerprint density at radius 3 is 2.25 bits per heavy atom. The molecule has 1 amide bonds. The van der Waals surface area contributed by atoms with Crippen LogP contribution in [0.15, 0.2) is 47.4 Å². The summed E-state index contributed by atoms with van der Waals surface area (Å²) in [6.07, 6.45) is 0. The zero-order valence-corrected chi connectivity index (χ0v) is 13.8. The lowest BCUT2D eigenvalue weighted by Gasteiger charge is -2.15. The van der Waals surface area contributed by atoms with Crippen molar-refractivity contribution >= 4 is 21.6 Å². The number of sulfonamides is 1. The van der Waals surface area contributed by atoms with Gasteiger partial charge in [-0.2, -0.15) is 0 Å². The lowest BCUT2D eigenvalue weighted by atomic mass is 10.1. The second kappa shape index (κ2) is 7.06. The number of amides is 1. The fourth-order valence-electron chi connectivity index (χ4n) is 2.14. The van der Waals surface area contributed by atoms with Gasteiger partial charge in [0.15, 0.2) is 0 Å². The first-order valence-corrected chi connectivity index (χ1v) is 8.52. The molecule has 0 fully saturated rings. The van der Waals surface area contributed by atoms with Gasteiger partial charge in [0.05, 0.1) is 4.90 Å². The monoisotopic (exact) mass is 354 g/mol. The number of nitrogens with one attached hydrogen (secondary N) is 2. The number of halogens is 2. The van der Waals surface area contributed by atoms with Gasteiger partial charge < -0.3 is 5.32 Å². The van der Waals surface area contributed by atoms with Crippen LogP contribution in [-0.4, -0.2) is 14.3 Å². The average Bonchev–Trinajstić information content (AvgIpc) is 2.46. The molecule has 0 unspecified atom stereocenters. The van der Waals surface area contributed by atoms with Crippen molar-refractivity contribution in [3.63, 3.8) is 0 Å². The van der Waals surface area contributed by atoms with Crippen molar-refractivity contribution in [3.8, 4) is 0 Å². The maximum absolute atomic E-state index is 13.7. The molecular weight excluding hydrogens is 338 g/mol. The third-order valence-corrected chi connectivity index (χ3v) is 4.80. The van der Waals surface area contributed by atoms with E-state index in [2.05, 4.69) is 10.0 Å². The standard InChI is InChI=1S/C16H16F2N2O3S/c1-10(15-8-3-12(17)9-16(15)18)20-24(22,23)14-6-4-13(5-7-14)19-11(2)21/h3-10,20H,1-2H3,(H,19,21)/t10-/m1/s1. The Morgan fingerprint density at radius 2 is 1.71 bits per heavy atom. The van der Waals surface area contributed by atoms with Crippen LogP contribution < -0.4 is 10.0 Å². The van der Waals surface area contributed by atoms with E-state index in [-0.39, 0.29) is 16.4 Å². The maximum atomic E-state index is 13.7. The number of anilines is 1. The molecule has 2 aromatic rings. The molecule has 2 N–H and O–H groups in total. The Morgan fingerprint density at radius 1 is 1.08 bits per heavy atom. The fourth-order valence-corrected chi connectivity index (χ4v) is 3.36. The summed E-state index contributed by atoms with van der Waals surface area (Å²) in [4.78, 5) is 10.9. The normalized spacial score (nSPS) is 12.7. The molecule has 0 aliphatic rings. The largest absolute Gasteiger partial charge is 0.326 e. The SMILES string of the molecule is CC(=O)Nc1ccc(S(=O)(=O)N[C@H](C)c2ccc(F)cc2F)cc1.